The molecule has 0 spiro atoms. The Bertz CT molecular complexity index is 1000. The first-order valence-corrected chi connectivity index (χ1v) is 12.9. The number of fused-ring (bicyclic) bond motifs is 1. The number of carbonyl (C=O) groups excluding carboxylic acids is 5. The molecule has 1 saturated heterocycles. The minimum Gasteiger partial charge on any atom is -0.444 e. The molecule has 0 aromatic carbocycles. The molecule has 3 N–H and O–H groups in total. The number of nitrogens with one attached hydrogen (secondary N) is 3. The van der Waals surface area contributed by atoms with E-state index < -0.39 is 52.3 Å². The highest BCUT2D eigenvalue weighted by molar-refractivity contribution is 6.40. The molecule has 4 atom stereocenters. The fourth-order valence-electron chi connectivity index (χ4n) is 5.36. The molecule has 1 heterocycles. The number of likely N-dealkylation sites (tertiary alicyclic amines) is 1. The van der Waals surface area contributed by atoms with Gasteiger partial charge in [0.05, 0.1) is 0 Å². The van der Waals surface area contributed by atoms with Gasteiger partial charge in [-0.1, -0.05) is 40.7 Å². The maximum Gasteiger partial charge on any atom is 0.408 e. The Balaban J connectivity index is 1.81. The summed E-state index contributed by atoms with van der Waals surface area (Å²) in [6.45, 7) is 18.9. The Kier molecular flexibility index (Phi) is 7.31. The summed E-state index contributed by atoms with van der Waals surface area (Å²) in [6, 6.07) is -1.74. The number of hydrogen-bond acceptors (Lipinski definition) is 6. The van der Waals surface area contributed by atoms with E-state index in [1.54, 1.807) is 20.8 Å². The van der Waals surface area contributed by atoms with Crippen LogP contribution in [0.4, 0.5) is 4.79 Å². The lowest BCUT2D eigenvalue weighted by atomic mass is 9.85. The van der Waals surface area contributed by atoms with Crippen LogP contribution in [-0.2, 0) is 23.9 Å². The van der Waals surface area contributed by atoms with E-state index in [4.69, 9.17) is 4.74 Å². The molecule has 4 unspecified atom stereocenters. The monoisotopic (exact) mass is 518 g/mol. The van der Waals surface area contributed by atoms with Crippen LogP contribution in [-0.4, -0.2) is 70.8 Å². The van der Waals surface area contributed by atoms with Crippen LogP contribution < -0.4 is 16.0 Å². The summed E-state index contributed by atoms with van der Waals surface area (Å²) < 4.78 is 5.38. The number of ether oxygens (including phenoxy) is 1. The largest absolute Gasteiger partial charge is 0.444 e. The molecular formula is C27H42N4O6. The molecule has 0 aromatic heterocycles. The summed E-state index contributed by atoms with van der Waals surface area (Å²) in [7, 11) is 0. The van der Waals surface area contributed by atoms with Gasteiger partial charge in [-0.05, 0) is 56.3 Å². The van der Waals surface area contributed by atoms with Crippen LogP contribution in [0, 0.1) is 22.7 Å². The Morgan fingerprint density at radius 3 is 2.16 bits per heavy atom. The molecule has 3 rings (SSSR count). The van der Waals surface area contributed by atoms with Crippen LogP contribution in [0.2, 0.25) is 0 Å². The quantitative estimate of drug-likeness (QED) is 0.332. The second-order valence-electron chi connectivity index (χ2n) is 13.2. The molecule has 10 heteroatoms. The van der Waals surface area contributed by atoms with Crippen molar-refractivity contribution in [1.29, 1.82) is 0 Å². The highest BCUT2D eigenvalue weighted by atomic mass is 16.6. The van der Waals surface area contributed by atoms with Crippen molar-refractivity contribution >= 4 is 29.6 Å². The predicted octanol–water partition coefficient (Wildman–Crippen LogP) is 1.93. The lowest BCUT2D eigenvalue weighted by Crippen LogP contribution is -2.61. The fourth-order valence-corrected chi connectivity index (χ4v) is 5.36. The zero-order valence-electron chi connectivity index (χ0n) is 23.3. The van der Waals surface area contributed by atoms with Crippen molar-refractivity contribution in [2.75, 3.05) is 13.1 Å². The lowest BCUT2D eigenvalue weighted by molar-refractivity contribution is -0.145. The summed E-state index contributed by atoms with van der Waals surface area (Å²) >= 11 is 0. The molecule has 1 aliphatic heterocycles. The van der Waals surface area contributed by atoms with Crippen LogP contribution in [0.15, 0.2) is 12.7 Å². The standard InChI is InChI=1S/C27H42N4O6/c1-10-13-28-21(34)19(32)27(11-12-27)30-20(33)17-16-15(26(16,8)9)14-31(17)22(35)18(24(2,3)4)29-23(36)37-25(5,6)7/h10,15-18H,1,11-14H2,2-9H3,(H,28,34)(H,29,36)(H,30,33). The van der Waals surface area contributed by atoms with Gasteiger partial charge in [-0.3, -0.25) is 19.2 Å². The maximum absolute atomic E-state index is 13.9. The number of Topliss-reactive ketones (excluding diaryl/α,β-unsaturated/α-hetero) is 1. The van der Waals surface area contributed by atoms with E-state index >= 15 is 0 Å². The smallest absolute Gasteiger partial charge is 0.408 e. The predicted molar refractivity (Wildman–Crippen MR) is 137 cm³/mol. The summed E-state index contributed by atoms with van der Waals surface area (Å²) in [5.74, 6) is -2.24. The first-order chi connectivity index (χ1) is 16.9. The average molecular weight is 519 g/mol. The first-order valence-electron chi connectivity index (χ1n) is 12.9. The number of nitrogens with zero attached hydrogens (tertiary/aromatic N) is 1. The zero-order valence-corrected chi connectivity index (χ0v) is 23.3. The van der Waals surface area contributed by atoms with Gasteiger partial charge in [0.15, 0.2) is 0 Å². The third-order valence-corrected chi connectivity index (χ3v) is 7.69. The molecule has 4 amide bonds. The normalized spacial score (nSPS) is 25.7. The third-order valence-electron chi connectivity index (χ3n) is 7.69. The summed E-state index contributed by atoms with van der Waals surface area (Å²) in [5, 5.41) is 8.00. The Morgan fingerprint density at radius 2 is 1.68 bits per heavy atom. The average Bonchev–Trinajstić information content (AvgIpc) is 3.56. The molecule has 0 radical (unpaired) electrons. The van der Waals surface area contributed by atoms with Crippen LogP contribution >= 0.6 is 0 Å². The zero-order chi connectivity index (χ0) is 28.1. The second kappa shape index (κ2) is 9.44. The third kappa shape index (κ3) is 5.83. The highest BCUT2D eigenvalue weighted by Crippen LogP contribution is 2.65. The van der Waals surface area contributed by atoms with Crippen LogP contribution in [0.3, 0.4) is 0 Å². The number of ketones is 1. The Hall–Kier alpha value is -2.91. The molecule has 0 bridgehead atoms. The van der Waals surface area contributed by atoms with Gasteiger partial charge in [-0.15, -0.1) is 6.58 Å². The van der Waals surface area contributed by atoms with Crippen LogP contribution in [0.25, 0.3) is 0 Å². The van der Waals surface area contributed by atoms with Crippen molar-refractivity contribution < 1.29 is 28.7 Å². The minimum absolute atomic E-state index is 0.0842. The van der Waals surface area contributed by atoms with E-state index in [0.29, 0.717) is 19.4 Å². The first kappa shape index (κ1) is 28.7. The molecule has 2 saturated carbocycles. The van der Waals surface area contributed by atoms with Gasteiger partial charge in [0, 0.05) is 13.1 Å². The number of amides is 4. The minimum atomic E-state index is -1.24. The second-order valence-corrected chi connectivity index (χ2v) is 13.2. The Morgan fingerprint density at radius 1 is 1.08 bits per heavy atom. The van der Waals surface area contributed by atoms with E-state index in [1.165, 1.54) is 11.0 Å². The highest BCUT2D eigenvalue weighted by Gasteiger charge is 2.70. The number of rotatable bonds is 8. The van der Waals surface area contributed by atoms with Gasteiger partial charge in [0.25, 0.3) is 5.91 Å². The van der Waals surface area contributed by atoms with Crippen molar-refractivity contribution in [3.8, 4) is 0 Å². The number of alkyl carbamates (subject to hydrolysis) is 1. The van der Waals surface area contributed by atoms with Gasteiger partial charge in [-0.2, -0.15) is 0 Å². The maximum atomic E-state index is 13.9. The van der Waals surface area contributed by atoms with E-state index in [-0.39, 0.29) is 29.7 Å². The van der Waals surface area contributed by atoms with E-state index in [1.807, 2.05) is 20.8 Å². The van der Waals surface area contributed by atoms with Crippen molar-refractivity contribution in [2.24, 2.45) is 22.7 Å². The molecule has 37 heavy (non-hydrogen) atoms. The van der Waals surface area contributed by atoms with Crippen LogP contribution in [0.5, 0.6) is 0 Å². The molecule has 0 aromatic rings. The summed E-state index contributed by atoms with van der Waals surface area (Å²) in [4.78, 5) is 66.7. The number of piperidine rings is 1. The Labute approximate surface area is 219 Å². The van der Waals surface area contributed by atoms with Crippen molar-refractivity contribution in [3.05, 3.63) is 12.7 Å². The van der Waals surface area contributed by atoms with Gasteiger partial charge < -0.3 is 25.6 Å². The lowest BCUT2D eigenvalue weighted by Gasteiger charge is -2.38. The molecule has 10 nitrogen and oxygen atoms in total. The topological polar surface area (TPSA) is 134 Å². The van der Waals surface area contributed by atoms with Gasteiger partial charge in [0.2, 0.25) is 17.6 Å². The van der Waals surface area contributed by atoms with E-state index in [0.717, 1.165) is 0 Å². The number of carbonyl (C=O) groups is 5. The van der Waals surface area contributed by atoms with Gasteiger partial charge in [-0.25, -0.2) is 4.79 Å². The molecule has 3 aliphatic rings. The van der Waals surface area contributed by atoms with Gasteiger partial charge >= 0.3 is 6.09 Å². The van der Waals surface area contributed by atoms with E-state index in [9.17, 15) is 24.0 Å². The SMILES string of the molecule is C=CCNC(=O)C(=O)C1(NC(=O)C2C3C(CN2C(=O)C(NC(=O)OC(C)(C)C)C(C)(C)C)C3(C)C)CC1. The number of hydrogen-bond donors (Lipinski definition) is 3. The molecule has 206 valence electrons. The van der Waals surface area contributed by atoms with Crippen molar-refractivity contribution in [3.63, 3.8) is 0 Å². The van der Waals surface area contributed by atoms with Crippen LogP contribution in [0.1, 0.15) is 68.2 Å². The molecular weight excluding hydrogens is 476 g/mol. The van der Waals surface area contributed by atoms with Crippen molar-refractivity contribution in [2.45, 2.75) is 91.5 Å². The summed E-state index contributed by atoms with van der Waals surface area (Å²) in [6.07, 6.45) is 1.49. The summed E-state index contributed by atoms with van der Waals surface area (Å²) in [5.41, 5.74) is -2.78. The van der Waals surface area contributed by atoms with Gasteiger partial charge in [0.1, 0.15) is 23.2 Å². The molecule has 3 fully saturated rings. The van der Waals surface area contributed by atoms with E-state index in [2.05, 4.69) is 36.4 Å². The molecule has 2 aliphatic carbocycles. The van der Waals surface area contributed by atoms with Crippen molar-refractivity contribution in [1.82, 2.24) is 20.9 Å². The fraction of sp³-hybridized carbons (Fsp3) is 0.741.